The molecule has 0 amide bonds. The van der Waals surface area contributed by atoms with E-state index in [2.05, 4.69) is 15.3 Å². The van der Waals surface area contributed by atoms with Crippen molar-refractivity contribution in [3.05, 3.63) is 47.3 Å². The summed E-state index contributed by atoms with van der Waals surface area (Å²) in [5.74, 6) is 0.652. The van der Waals surface area contributed by atoms with Crippen molar-refractivity contribution in [2.45, 2.75) is 20.4 Å². The number of aromatic amines is 1. The molecule has 4 heteroatoms. The number of aromatic nitrogens is 2. The molecule has 84 valence electrons. The molecule has 0 fully saturated rings. The zero-order valence-electron chi connectivity index (χ0n) is 9.34. The van der Waals surface area contributed by atoms with E-state index in [4.69, 9.17) is 0 Å². The lowest BCUT2D eigenvalue weighted by Crippen LogP contribution is -2.01. The van der Waals surface area contributed by atoms with E-state index < -0.39 is 0 Å². The number of rotatable bonds is 3. The highest BCUT2D eigenvalue weighted by atomic mass is 19.1. The van der Waals surface area contributed by atoms with Gasteiger partial charge in [0, 0.05) is 17.6 Å². The molecule has 0 bridgehead atoms. The maximum absolute atomic E-state index is 13.2. The lowest BCUT2D eigenvalue weighted by atomic mass is 10.2. The highest BCUT2D eigenvalue weighted by Gasteiger charge is 2.00. The molecule has 0 aliphatic rings. The minimum Gasteiger partial charge on any atom is -0.378 e. The quantitative estimate of drug-likeness (QED) is 0.833. The van der Waals surface area contributed by atoms with Crippen molar-refractivity contribution < 1.29 is 4.39 Å². The number of aryl methyl sites for hydroxylation is 2. The molecule has 2 aromatic rings. The molecule has 0 atom stereocenters. The normalized spacial score (nSPS) is 10.4. The van der Waals surface area contributed by atoms with E-state index >= 15 is 0 Å². The molecule has 0 saturated carbocycles. The first kappa shape index (κ1) is 10.7. The van der Waals surface area contributed by atoms with Crippen molar-refractivity contribution in [2.24, 2.45) is 0 Å². The van der Waals surface area contributed by atoms with Gasteiger partial charge in [-0.05, 0) is 31.5 Å². The molecule has 0 aliphatic heterocycles. The molecule has 0 saturated heterocycles. The summed E-state index contributed by atoms with van der Waals surface area (Å²) in [6.45, 7) is 4.26. The van der Waals surface area contributed by atoms with Gasteiger partial charge in [-0.1, -0.05) is 6.07 Å². The fraction of sp³-hybridized carbons (Fsp3) is 0.250. The summed E-state index contributed by atoms with van der Waals surface area (Å²) in [4.78, 5) is 7.26. The SMILES string of the molecule is Cc1cnc(CNc2ccc(C)c(F)c2)[nH]1. The minimum absolute atomic E-state index is 0.194. The van der Waals surface area contributed by atoms with Crippen molar-refractivity contribution in [1.29, 1.82) is 0 Å². The van der Waals surface area contributed by atoms with Crippen LogP contribution in [0.3, 0.4) is 0 Å². The minimum atomic E-state index is -0.194. The van der Waals surface area contributed by atoms with Crippen LogP contribution in [0.4, 0.5) is 10.1 Å². The van der Waals surface area contributed by atoms with Crippen LogP contribution in [0.25, 0.3) is 0 Å². The number of hydrogen-bond acceptors (Lipinski definition) is 2. The van der Waals surface area contributed by atoms with Crippen LogP contribution in [0.15, 0.2) is 24.4 Å². The number of benzene rings is 1. The topological polar surface area (TPSA) is 40.7 Å². The lowest BCUT2D eigenvalue weighted by Gasteiger charge is -2.05. The molecule has 0 spiro atoms. The molecule has 1 heterocycles. The molecular formula is C12H14FN3. The summed E-state index contributed by atoms with van der Waals surface area (Å²) in [6, 6.07) is 5.10. The first-order chi connectivity index (χ1) is 7.65. The van der Waals surface area contributed by atoms with E-state index in [-0.39, 0.29) is 5.82 Å². The number of imidazole rings is 1. The second-order valence-electron chi connectivity index (χ2n) is 3.83. The molecular weight excluding hydrogens is 205 g/mol. The molecule has 2 N–H and O–H groups in total. The Balaban J connectivity index is 2.02. The van der Waals surface area contributed by atoms with Gasteiger partial charge in [0.15, 0.2) is 0 Å². The summed E-state index contributed by atoms with van der Waals surface area (Å²) >= 11 is 0. The second-order valence-corrected chi connectivity index (χ2v) is 3.83. The predicted octanol–water partition coefficient (Wildman–Crippen LogP) is 2.78. The van der Waals surface area contributed by atoms with Crippen molar-refractivity contribution in [1.82, 2.24) is 9.97 Å². The monoisotopic (exact) mass is 219 g/mol. The van der Waals surface area contributed by atoms with E-state index in [0.717, 1.165) is 17.2 Å². The van der Waals surface area contributed by atoms with Crippen LogP contribution in [0.5, 0.6) is 0 Å². The molecule has 2 rings (SSSR count). The Morgan fingerprint density at radius 1 is 1.38 bits per heavy atom. The third-order valence-electron chi connectivity index (χ3n) is 2.39. The van der Waals surface area contributed by atoms with Crippen LogP contribution in [0.1, 0.15) is 17.1 Å². The Bertz CT molecular complexity index is 491. The number of halogens is 1. The first-order valence-electron chi connectivity index (χ1n) is 5.15. The van der Waals surface area contributed by atoms with Gasteiger partial charge in [0.2, 0.25) is 0 Å². The van der Waals surface area contributed by atoms with E-state index in [0.29, 0.717) is 12.1 Å². The Hall–Kier alpha value is -1.84. The molecule has 0 radical (unpaired) electrons. The van der Waals surface area contributed by atoms with Gasteiger partial charge >= 0.3 is 0 Å². The maximum atomic E-state index is 13.2. The highest BCUT2D eigenvalue weighted by Crippen LogP contribution is 2.14. The van der Waals surface area contributed by atoms with E-state index in [1.54, 1.807) is 19.2 Å². The molecule has 1 aromatic heterocycles. The van der Waals surface area contributed by atoms with Gasteiger partial charge in [-0.2, -0.15) is 0 Å². The number of hydrogen-bond donors (Lipinski definition) is 2. The summed E-state index contributed by atoms with van der Waals surface area (Å²) in [5.41, 5.74) is 2.43. The third-order valence-corrected chi connectivity index (χ3v) is 2.39. The van der Waals surface area contributed by atoms with Gasteiger partial charge in [0.1, 0.15) is 11.6 Å². The summed E-state index contributed by atoms with van der Waals surface area (Å²) in [6.07, 6.45) is 1.77. The zero-order chi connectivity index (χ0) is 11.5. The van der Waals surface area contributed by atoms with Gasteiger partial charge in [-0.3, -0.25) is 0 Å². The van der Waals surface area contributed by atoms with Crippen LogP contribution in [-0.2, 0) is 6.54 Å². The van der Waals surface area contributed by atoms with Crippen LogP contribution >= 0.6 is 0 Å². The average Bonchev–Trinajstić information content (AvgIpc) is 2.66. The van der Waals surface area contributed by atoms with Gasteiger partial charge in [-0.25, -0.2) is 9.37 Å². The number of nitrogens with zero attached hydrogens (tertiary/aromatic N) is 1. The Morgan fingerprint density at radius 3 is 2.81 bits per heavy atom. The fourth-order valence-electron chi connectivity index (χ4n) is 1.45. The van der Waals surface area contributed by atoms with Gasteiger partial charge in [0.25, 0.3) is 0 Å². The highest BCUT2D eigenvalue weighted by molar-refractivity contribution is 5.45. The molecule has 0 aliphatic carbocycles. The molecule has 3 nitrogen and oxygen atoms in total. The zero-order valence-corrected chi connectivity index (χ0v) is 9.34. The summed E-state index contributed by atoms with van der Waals surface area (Å²) in [5, 5.41) is 3.11. The van der Waals surface area contributed by atoms with Crippen molar-refractivity contribution >= 4 is 5.69 Å². The van der Waals surface area contributed by atoms with E-state index in [1.807, 2.05) is 13.0 Å². The largest absolute Gasteiger partial charge is 0.378 e. The van der Waals surface area contributed by atoms with Crippen LogP contribution < -0.4 is 5.32 Å². The Kier molecular flexibility index (Phi) is 2.90. The van der Waals surface area contributed by atoms with Gasteiger partial charge in [0.05, 0.1) is 6.54 Å². The summed E-state index contributed by atoms with van der Waals surface area (Å²) in [7, 11) is 0. The predicted molar refractivity (Wildman–Crippen MR) is 61.8 cm³/mol. The second kappa shape index (κ2) is 4.35. The van der Waals surface area contributed by atoms with E-state index in [9.17, 15) is 4.39 Å². The van der Waals surface area contributed by atoms with Crippen molar-refractivity contribution in [3.8, 4) is 0 Å². The van der Waals surface area contributed by atoms with Crippen LogP contribution in [0.2, 0.25) is 0 Å². The standard InChI is InChI=1S/C12H14FN3/c1-8-3-4-10(5-11(8)13)14-7-12-15-6-9(2)16-12/h3-6,14H,7H2,1-2H3,(H,15,16). The lowest BCUT2D eigenvalue weighted by molar-refractivity contribution is 0.619. The molecule has 0 unspecified atom stereocenters. The molecule has 16 heavy (non-hydrogen) atoms. The van der Waals surface area contributed by atoms with Gasteiger partial charge in [-0.15, -0.1) is 0 Å². The first-order valence-corrected chi connectivity index (χ1v) is 5.15. The Labute approximate surface area is 93.7 Å². The van der Waals surface area contributed by atoms with Gasteiger partial charge < -0.3 is 10.3 Å². The van der Waals surface area contributed by atoms with Crippen molar-refractivity contribution in [2.75, 3.05) is 5.32 Å². The smallest absolute Gasteiger partial charge is 0.128 e. The number of H-pyrrole nitrogens is 1. The third kappa shape index (κ3) is 2.39. The Morgan fingerprint density at radius 2 is 2.19 bits per heavy atom. The number of anilines is 1. The average molecular weight is 219 g/mol. The van der Waals surface area contributed by atoms with Crippen LogP contribution in [0, 0.1) is 19.7 Å². The maximum Gasteiger partial charge on any atom is 0.128 e. The van der Waals surface area contributed by atoms with Crippen molar-refractivity contribution in [3.63, 3.8) is 0 Å². The summed E-state index contributed by atoms with van der Waals surface area (Å²) < 4.78 is 13.2. The van der Waals surface area contributed by atoms with E-state index in [1.165, 1.54) is 6.07 Å². The van der Waals surface area contributed by atoms with Crippen LogP contribution in [-0.4, -0.2) is 9.97 Å². The number of nitrogens with one attached hydrogen (secondary N) is 2. The molecule has 1 aromatic carbocycles. The fourth-order valence-corrected chi connectivity index (χ4v) is 1.45.